The fourth-order valence-corrected chi connectivity index (χ4v) is 4.55. The summed E-state index contributed by atoms with van der Waals surface area (Å²) in [5, 5.41) is 7.92. The van der Waals surface area contributed by atoms with Crippen molar-refractivity contribution >= 4 is 46.3 Å². The van der Waals surface area contributed by atoms with Gasteiger partial charge < -0.3 is 10.1 Å². The molecule has 9 nitrogen and oxygen atoms in total. The molecule has 148 valence electrons. The van der Waals surface area contributed by atoms with Crippen molar-refractivity contribution in [3.63, 3.8) is 0 Å². The number of amidine groups is 1. The van der Waals surface area contributed by atoms with Crippen molar-refractivity contribution in [2.45, 2.75) is 32.1 Å². The molecule has 10 heteroatoms. The molecule has 2 aliphatic heterocycles. The van der Waals surface area contributed by atoms with Crippen molar-refractivity contribution in [3.05, 3.63) is 29.3 Å². The first-order chi connectivity index (χ1) is 13.2. The number of nitrogens with one attached hydrogen (secondary N) is 1. The number of thioether (sulfide) groups is 1. The first-order valence-corrected chi connectivity index (χ1v) is 9.44. The highest BCUT2D eigenvalue weighted by molar-refractivity contribution is 8.15. The molecule has 1 atom stereocenters. The third-order valence-electron chi connectivity index (χ3n) is 4.49. The summed E-state index contributed by atoms with van der Waals surface area (Å²) in [7, 11) is 1.24. The standard InChI is InChI=1S/C18H20N4O5S/c1-5-12-6-7-14-13(8-12)18(16(26)21(14)9-15(25)27-4)22(11(3)24)20-17(28-18)19-10(2)23/h6-8H,5,9H2,1-4H3,(H,19,20,23)/t18-/m1/s1. The molecule has 2 heterocycles. The second kappa shape index (κ2) is 7.27. The number of anilines is 1. The molecule has 0 fully saturated rings. The number of carbonyl (C=O) groups is 4. The Morgan fingerprint density at radius 1 is 1.29 bits per heavy atom. The maximum absolute atomic E-state index is 13.5. The number of rotatable bonds is 3. The Morgan fingerprint density at radius 2 is 2.00 bits per heavy atom. The lowest BCUT2D eigenvalue weighted by molar-refractivity contribution is -0.141. The quantitative estimate of drug-likeness (QED) is 0.751. The summed E-state index contributed by atoms with van der Waals surface area (Å²) in [6, 6.07) is 5.45. The molecule has 1 aromatic rings. The van der Waals surface area contributed by atoms with E-state index in [1.807, 2.05) is 19.1 Å². The van der Waals surface area contributed by atoms with Crippen LogP contribution in [-0.4, -0.2) is 47.5 Å². The first kappa shape index (κ1) is 19.9. The van der Waals surface area contributed by atoms with Gasteiger partial charge in [-0.1, -0.05) is 13.0 Å². The lowest BCUT2D eigenvalue weighted by atomic mass is 10.0. The van der Waals surface area contributed by atoms with E-state index in [0.29, 0.717) is 11.3 Å². The van der Waals surface area contributed by atoms with E-state index < -0.39 is 22.7 Å². The highest BCUT2D eigenvalue weighted by atomic mass is 32.2. The summed E-state index contributed by atoms with van der Waals surface area (Å²) >= 11 is 0.974. The van der Waals surface area contributed by atoms with Gasteiger partial charge in [0.1, 0.15) is 6.54 Å². The molecule has 3 rings (SSSR count). The zero-order chi connectivity index (χ0) is 20.6. The molecule has 0 aromatic heterocycles. The molecule has 3 amide bonds. The number of hydrazone groups is 1. The average Bonchev–Trinajstić information content (AvgIpc) is 3.13. The number of benzene rings is 1. The first-order valence-electron chi connectivity index (χ1n) is 8.62. The van der Waals surface area contributed by atoms with Gasteiger partial charge in [0, 0.05) is 19.4 Å². The predicted octanol–water partition coefficient (Wildman–Crippen LogP) is 0.924. The molecule has 0 radical (unpaired) electrons. The zero-order valence-corrected chi connectivity index (χ0v) is 16.8. The van der Waals surface area contributed by atoms with Gasteiger partial charge >= 0.3 is 5.97 Å². The van der Waals surface area contributed by atoms with Crippen LogP contribution < -0.4 is 10.2 Å². The van der Waals surface area contributed by atoms with Crippen LogP contribution in [0.15, 0.2) is 23.3 Å². The van der Waals surface area contributed by atoms with Crippen LogP contribution in [-0.2, 0) is 35.2 Å². The summed E-state index contributed by atoms with van der Waals surface area (Å²) in [4.78, 5) is 49.0. The molecule has 0 unspecified atom stereocenters. The fraction of sp³-hybridized carbons (Fsp3) is 0.389. The van der Waals surface area contributed by atoms with Crippen LogP contribution in [0.3, 0.4) is 0 Å². The largest absolute Gasteiger partial charge is 0.468 e. The molecule has 0 aliphatic carbocycles. The molecule has 28 heavy (non-hydrogen) atoms. The van der Waals surface area contributed by atoms with Gasteiger partial charge in [0.05, 0.1) is 12.8 Å². The Morgan fingerprint density at radius 3 is 2.57 bits per heavy atom. The topological polar surface area (TPSA) is 108 Å². The number of hydrogen-bond acceptors (Lipinski definition) is 7. The van der Waals surface area contributed by atoms with Crippen molar-refractivity contribution in [3.8, 4) is 0 Å². The Hall–Kier alpha value is -2.88. The maximum atomic E-state index is 13.5. The van der Waals surface area contributed by atoms with E-state index in [1.165, 1.54) is 25.9 Å². The molecule has 1 spiro atoms. The normalized spacial score (nSPS) is 20.3. The van der Waals surface area contributed by atoms with Crippen molar-refractivity contribution in [2.24, 2.45) is 5.10 Å². The van der Waals surface area contributed by atoms with Crippen LogP contribution >= 0.6 is 11.8 Å². The van der Waals surface area contributed by atoms with Crippen LogP contribution in [0.1, 0.15) is 31.9 Å². The van der Waals surface area contributed by atoms with Crippen LogP contribution in [0.5, 0.6) is 0 Å². The third kappa shape index (κ3) is 3.03. The minimum atomic E-state index is -1.52. The lowest BCUT2D eigenvalue weighted by Gasteiger charge is -2.29. The number of fused-ring (bicyclic) bond motifs is 2. The van der Waals surface area contributed by atoms with Gasteiger partial charge in [-0.2, -0.15) is 5.01 Å². The summed E-state index contributed by atoms with van der Waals surface area (Å²) in [5.41, 5.74) is 2.01. The summed E-state index contributed by atoms with van der Waals surface area (Å²) in [6.07, 6.45) is 0.721. The Labute approximate surface area is 166 Å². The van der Waals surface area contributed by atoms with Gasteiger partial charge in [-0.15, -0.1) is 5.10 Å². The zero-order valence-electron chi connectivity index (χ0n) is 15.9. The Kier molecular flexibility index (Phi) is 5.16. The maximum Gasteiger partial charge on any atom is 0.325 e. The van der Waals surface area contributed by atoms with E-state index >= 15 is 0 Å². The third-order valence-corrected chi connectivity index (χ3v) is 5.73. The predicted molar refractivity (Wildman–Crippen MR) is 103 cm³/mol. The number of carbonyl (C=O) groups excluding carboxylic acids is 4. The lowest BCUT2D eigenvalue weighted by Crippen LogP contribution is -2.49. The van der Waals surface area contributed by atoms with Crippen molar-refractivity contribution in [2.75, 3.05) is 18.6 Å². The second-order valence-electron chi connectivity index (χ2n) is 6.34. The van der Waals surface area contributed by atoms with Gasteiger partial charge in [0.25, 0.3) is 5.91 Å². The second-order valence-corrected chi connectivity index (χ2v) is 7.52. The summed E-state index contributed by atoms with van der Waals surface area (Å²) < 4.78 is 4.71. The number of hydrogen-bond donors (Lipinski definition) is 1. The molecular formula is C18H20N4O5S. The fourth-order valence-electron chi connectivity index (χ4n) is 3.23. The van der Waals surface area contributed by atoms with Crippen molar-refractivity contribution < 1.29 is 23.9 Å². The van der Waals surface area contributed by atoms with Crippen LogP contribution in [0.25, 0.3) is 0 Å². The average molecular weight is 404 g/mol. The van der Waals surface area contributed by atoms with Gasteiger partial charge in [0.15, 0.2) is 5.17 Å². The number of aryl methyl sites for hydroxylation is 1. The van der Waals surface area contributed by atoms with Gasteiger partial charge in [0.2, 0.25) is 16.7 Å². The Bertz CT molecular complexity index is 915. The van der Waals surface area contributed by atoms with Crippen LogP contribution in [0.2, 0.25) is 0 Å². The molecule has 1 aromatic carbocycles. The highest BCUT2D eigenvalue weighted by Gasteiger charge is 2.61. The highest BCUT2D eigenvalue weighted by Crippen LogP contribution is 2.54. The number of amides is 3. The van der Waals surface area contributed by atoms with E-state index in [1.54, 1.807) is 6.07 Å². The minimum absolute atomic E-state index is 0.142. The van der Waals surface area contributed by atoms with Gasteiger partial charge in [-0.3, -0.25) is 24.1 Å². The molecule has 2 aliphatic rings. The van der Waals surface area contributed by atoms with E-state index in [4.69, 9.17) is 4.74 Å². The number of ether oxygens (including phenoxy) is 1. The minimum Gasteiger partial charge on any atom is -0.468 e. The number of esters is 1. The van der Waals surface area contributed by atoms with Crippen molar-refractivity contribution in [1.82, 2.24) is 10.3 Å². The monoisotopic (exact) mass is 404 g/mol. The van der Waals surface area contributed by atoms with E-state index in [2.05, 4.69) is 10.4 Å². The summed E-state index contributed by atoms with van der Waals surface area (Å²) in [5.74, 6) is -1.91. The van der Waals surface area contributed by atoms with Crippen LogP contribution in [0, 0.1) is 0 Å². The van der Waals surface area contributed by atoms with E-state index in [9.17, 15) is 19.2 Å². The van der Waals surface area contributed by atoms with Gasteiger partial charge in [-0.05, 0) is 35.9 Å². The van der Waals surface area contributed by atoms with E-state index in [0.717, 1.165) is 28.8 Å². The van der Waals surface area contributed by atoms with Gasteiger partial charge in [-0.25, -0.2) is 0 Å². The molecular weight excluding hydrogens is 384 g/mol. The SMILES string of the molecule is CCc1ccc2c(c1)[C@@]1(SC(NC(C)=O)=NN1C(C)=O)C(=O)N2CC(=O)OC. The molecule has 0 saturated carbocycles. The summed E-state index contributed by atoms with van der Waals surface area (Å²) in [6.45, 7) is 4.29. The van der Waals surface area contributed by atoms with Crippen LogP contribution in [0.4, 0.5) is 5.69 Å². The van der Waals surface area contributed by atoms with E-state index in [-0.39, 0.29) is 17.6 Å². The number of nitrogens with zero attached hydrogens (tertiary/aromatic N) is 3. The number of methoxy groups -OCH3 is 1. The smallest absolute Gasteiger partial charge is 0.325 e. The molecule has 0 saturated heterocycles. The molecule has 1 N–H and O–H groups in total. The van der Waals surface area contributed by atoms with Crippen molar-refractivity contribution in [1.29, 1.82) is 0 Å². The Balaban J connectivity index is 2.17. The molecule has 0 bridgehead atoms.